The van der Waals surface area contributed by atoms with Gasteiger partial charge in [-0.15, -0.1) is 0 Å². The van der Waals surface area contributed by atoms with E-state index in [9.17, 15) is 0 Å². The molecular formula is C22H44N5PS. The van der Waals surface area contributed by atoms with Gasteiger partial charge in [-0.2, -0.15) is 0 Å². The maximum absolute atomic E-state index is 6.05. The predicted octanol–water partition coefficient (Wildman–Crippen LogP) is 5.10. The molecule has 3 fully saturated rings. The summed E-state index contributed by atoms with van der Waals surface area (Å²) in [6.07, 6.45) is 10.7. The molecule has 29 heavy (non-hydrogen) atoms. The Labute approximate surface area is 185 Å². The summed E-state index contributed by atoms with van der Waals surface area (Å²) < 4.78 is 11.3. The first-order chi connectivity index (χ1) is 13.8. The Balaban J connectivity index is 2.02. The number of thiocarbonyl (C=S) groups is 1. The van der Waals surface area contributed by atoms with Crippen LogP contribution in [0.15, 0.2) is 4.74 Å². The molecule has 0 saturated carbocycles. The van der Waals surface area contributed by atoms with Gasteiger partial charge in [0.2, 0.25) is 0 Å². The van der Waals surface area contributed by atoms with Gasteiger partial charge in [-0.25, -0.2) is 4.74 Å². The predicted molar refractivity (Wildman–Crippen MR) is 131 cm³/mol. The van der Waals surface area contributed by atoms with Gasteiger partial charge in [0.1, 0.15) is 7.36 Å². The van der Waals surface area contributed by atoms with Crippen LogP contribution in [0.2, 0.25) is 0 Å². The third-order valence-corrected chi connectivity index (χ3v) is 12.0. The zero-order chi connectivity index (χ0) is 20.9. The van der Waals surface area contributed by atoms with Crippen molar-refractivity contribution in [1.29, 1.82) is 0 Å². The Hall–Kier alpha value is 0.0000000000000000139. The van der Waals surface area contributed by atoms with Crippen molar-refractivity contribution in [1.82, 2.24) is 19.1 Å². The van der Waals surface area contributed by atoms with E-state index in [0.29, 0.717) is 0 Å². The molecule has 7 heteroatoms. The molecule has 0 unspecified atom stereocenters. The van der Waals surface area contributed by atoms with Crippen LogP contribution in [0, 0.1) is 0 Å². The van der Waals surface area contributed by atoms with Gasteiger partial charge < -0.3 is 9.80 Å². The molecule has 0 bridgehead atoms. The Morgan fingerprint density at radius 2 is 1.10 bits per heavy atom. The second kappa shape index (κ2) is 10.5. The molecule has 3 heterocycles. The summed E-state index contributed by atoms with van der Waals surface area (Å²) in [5.41, 5.74) is 0. The average Bonchev–Trinajstić information content (AvgIpc) is 3.11. The van der Waals surface area contributed by atoms with Gasteiger partial charge in [-0.1, -0.05) is 46.5 Å². The monoisotopic (exact) mass is 441 g/mol. The lowest BCUT2D eigenvalue weighted by atomic mass is 10.2. The van der Waals surface area contributed by atoms with Gasteiger partial charge in [0.25, 0.3) is 0 Å². The zero-order valence-corrected chi connectivity index (χ0v) is 21.1. The van der Waals surface area contributed by atoms with Crippen LogP contribution in [0.4, 0.5) is 0 Å². The van der Waals surface area contributed by atoms with Crippen molar-refractivity contribution in [2.24, 2.45) is 4.74 Å². The molecule has 3 aliphatic heterocycles. The standard InChI is InChI=1S/C22H44N5PS/c1-22(2,3)28(26-13-9-5-6-10-14-26,27-15-11-7-8-12-16-27)23-21(29)25-19-17-24(4)18-20-25/h5-20H2,1-4H3. The van der Waals surface area contributed by atoms with Gasteiger partial charge in [-0.3, -0.25) is 9.34 Å². The maximum atomic E-state index is 6.05. The summed E-state index contributed by atoms with van der Waals surface area (Å²) >= 11 is 6.05. The smallest absolute Gasteiger partial charge is 0.196 e. The molecule has 3 rings (SSSR count). The molecule has 0 aromatic carbocycles. The van der Waals surface area contributed by atoms with E-state index >= 15 is 0 Å². The lowest BCUT2D eigenvalue weighted by Crippen LogP contribution is -2.47. The normalized spacial score (nSPS) is 24.8. The number of piperazine rings is 1. The number of hydrogen-bond donors (Lipinski definition) is 0. The largest absolute Gasteiger partial charge is 0.345 e. The van der Waals surface area contributed by atoms with Gasteiger partial charge in [0.05, 0.1) is 0 Å². The minimum atomic E-state index is -1.93. The number of hydrogen-bond acceptors (Lipinski definition) is 2. The van der Waals surface area contributed by atoms with Crippen molar-refractivity contribution in [2.45, 2.75) is 77.3 Å². The van der Waals surface area contributed by atoms with Crippen LogP contribution in [0.25, 0.3) is 0 Å². The minimum absolute atomic E-state index is 0.109. The van der Waals surface area contributed by atoms with Crippen molar-refractivity contribution in [3.05, 3.63) is 0 Å². The van der Waals surface area contributed by atoms with Crippen molar-refractivity contribution >= 4 is 24.7 Å². The molecule has 0 amide bonds. The van der Waals surface area contributed by atoms with E-state index in [1.54, 1.807) is 0 Å². The van der Waals surface area contributed by atoms with Gasteiger partial charge >= 0.3 is 0 Å². The molecule has 3 aliphatic rings. The lowest BCUT2D eigenvalue weighted by molar-refractivity contribution is 0.216. The topological polar surface area (TPSA) is 25.3 Å². The Kier molecular flexibility index (Phi) is 8.60. The Morgan fingerprint density at radius 3 is 1.48 bits per heavy atom. The summed E-state index contributed by atoms with van der Waals surface area (Å²) in [5.74, 6) is 0. The maximum Gasteiger partial charge on any atom is 0.196 e. The molecular weight excluding hydrogens is 397 g/mol. The fourth-order valence-corrected chi connectivity index (χ4v) is 10.3. The van der Waals surface area contributed by atoms with Gasteiger partial charge in [0.15, 0.2) is 5.11 Å². The highest BCUT2D eigenvalue weighted by atomic mass is 32.1. The van der Waals surface area contributed by atoms with Crippen LogP contribution >= 0.6 is 19.6 Å². The van der Waals surface area contributed by atoms with Crippen LogP contribution in [-0.2, 0) is 0 Å². The molecule has 3 saturated heterocycles. The number of nitrogens with zero attached hydrogens (tertiary/aromatic N) is 5. The fraction of sp³-hybridized carbons (Fsp3) is 0.955. The summed E-state index contributed by atoms with van der Waals surface area (Å²) in [6, 6.07) is 0. The van der Waals surface area contributed by atoms with E-state index in [0.717, 1.165) is 31.3 Å². The van der Waals surface area contributed by atoms with Crippen LogP contribution in [0.1, 0.15) is 72.1 Å². The second-order valence-electron chi connectivity index (χ2n) is 10.1. The van der Waals surface area contributed by atoms with Crippen LogP contribution in [-0.4, -0.2) is 88.8 Å². The molecule has 0 aliphatic carbocycles. The molecule has 0 aromatic heterocycles. The Morgan fingerprint density at radius 1 is 0.690 bits per heavy atom. The highest BCUT2D eigenvalue weighted by Gasteiger charge is 2.45. The van der Waals surface area contributed by atoms with Crippen molar-refractivity contribution in [3.8, 4) is 0 Å². The van der Waals surface area contributed by atoms with E-state index in [1.165, 1.54) is 77.5 Å². The van der Waals surface area contributed by atoms with E-state index in [1.807, 2.05) is 0 Å². The first kappa shape index (κ1) is 23.7. The number of likely N-dealkylation sites (N-methyl/N-ethyl adjacent to an activating group) is 1. The molecule has 0 radical (unpaired) electrons. The first-order valence-corrected chi connectivity index (χ1v) is 14.0. The van der Waals surface area contributed by atoms with Crippen LogP contribution < -0.4 is 0 Å². The molecule has 0 atom stereocenters. The SMILES string of the molecule is CN1CCN(C(=S)N=P(N2CCCCCC2)(N2CCCCCC2)C(C)(C)C)CC1. The van der Waals surface area contributed by atoms with Crippen molar-refractivity contribution < 1.29 is 0 Å². The average molecular weight is 442 g/mol. The molecule has 5 nitrogen and oxygen atoms in total. The quantitative estimate of drug-likeness (QED) is 0.439. The summed E-state index contributed by atoms with van der Waals surface area (Å²) in [6.45, 7) is 16.3. The third kappa shape index (κ3) is 5.63. The summed E-state index contributed by atoms with van der Waals surface area (Å²) in [5, 5.41) is 0.994. The molecule has 0 spiro atoms. The van der Waals surface area contributed by atoms with Crippen LogP contribution in [0.5, 0.6) is 0 Å². The minimum Gasteiger partial charge on any atom is -0.345 e. The van der Waals surface area contributed by atoms with E-state index in [4.69, 9.17) is 17.0 Å². The zero-order valence-electron chi connectivity index (χ0n) is 19.4. The van der Waals surface area contributed by atoms with E-state index < -0.39 is 7.36 Å². The van der Waals surface area contributed by atoms with E-state index in [-0.39, 0.29) is 5.16 Å². The highest BCUT2D eigenvalue weighted by Crippen LogP contribution is 2.67. The summed E-state index contributed by atoms with van der Waals surface area (Å²) in [7, 11) is 0.278. The molecule has 0 aromatic rings. The Bertz CT molecular complexity index is 555. The lowest BCUT2D eigenvalue weighted by Gasteiger charge is -2.51. The van der Waals surface area contributed by atoms with Gasteiger partial charge in [-0.05, 0) is 44.9 Å². The first-order valence-electron chi connectivity index (χ1n) is 12.0. The third-order valence-electron chi connectivity index (χ3n) is 6.85. The van der Waals surface area contributed by atoms with E-state index in [2.05, 4.69) is 47.0 Å². The van der Waals surface area contributed by atoms with Crippen LogP contribution in [0.3, 0.4) is 0 Å². The van der Waals surface area contributed by atoms with Crippen molar-refractivity contribution in [3.63, 3.8) is 0 Å². The van der Waals surface area contributed by atoms with Gasteiger partial charge in [0, 0.05) is 57.5 Å². The fourth-order valence-electron chi connectivity index (χ4n) is 5.15. The summed E-state index contributed by atoms with van der Waals surface area (Å²) in [4.78, 5) is 4.78. The van der Waals surface area contributed by atoms with Crippen molar-refractivity contribution in [2.75, 3.05) is 59.4 Å². The molecule has 0 N–H and O–H groups in total. The molecule has 168 valence electrons. The highest BCUT2D eigenvalue weighted by molar-refractivity contribution is 7.81. The number of rotatable bonds is 2. The second-order valence-corrected chi connectivity index (χ2v) is 14.3.